The van der Waals surface area contributed by atoms with Gasteiger partial charge in [-0.3, -0.25) is 9.69 Å². The van der Waals surface area contributed by atoms with Crippen LogP contribution in [0.5, 0.6) is 0 Å². The average Bonchev–Trinajstić information content (AvgIpc) is 3.10. The van der Waals surface area contributed by atoms with E-state index in [2.05, 4.69) is 45.9 Å². The molecule has 3 N–H and O–H groups in total. The number of nitrogens with zero attached hydrogens (tertiary/aromatic N) is 1. The zero-order valence-electron chi connectivity index (χ0n) is 15.2. The fourth-order valence-electron chi connectivity index (χ4n) is 3.44. The van der Waals surface area contributed by atoms with Gasteiger partial charge in [-0.25, -0.2) is 0 Å². The van der Waals surface area contributed by atoms with E-state index >= 15 is 0 Å². The molecular formula is C20H28ClN3OS. The average molecular weight is 394 g/mol. The Hall–Kier alpha value is -1.40. The second kappa shape index (κ2) is 10.1. The number of thiophene rings is 1. The number of nitrogens with two attached hydrogens (primary N) is 1. The van der Waals surface area contributed by atoms with Crippen LogP contribution in [0.15, 0.2) is 41.8 Å². The van der Waals surface area contributed by atoms with E-state index in [-0.39, 0.29) is 24.4 Å². The van der Waals surface area contributed by atoms with Crippen molar-refractivity contribution in [2.45, 2.75) is 44.8 Å². The van der Waals surface area contributed by atoms with Crippen LogP contribution < -0.4 is 11.1 Å². The van der Waals surface area contributed by atoms with Gasteiger partial charge in [0.05, 0.1) is 12.1 Å². The van der Waals surface area contributed by atoms with Gasteiger partial charge >= 0.3 is 0 Å². The molecule has 0 spiro atoms. The van der Waals surface area contributed by atoms with E-state index in [9.17, 15) is 4.79 Å². The molecule has 3 rings (SSSR count). The van der Waals surface area contributed by atoms with Crippen molar-refractivity contribution in [1.29, 1.82) is 0 Å². The third kappa shape index (κ3) is 5.07. The van der Waals surface area contributed by atoms with Gasteiger partial charge in [-0.15, -0.1) is 23.7 Å². The van der Waals surface area contributed by atoms with Crippen molar-refractivity contribution in [3.05, 3.63) is 57.8 Å². The van der Waals surface area contributed by atoms with Crippen LogP contribution in [0.25, 0.3) is 0 Å². The van der Waals surface area contributed by atoms with Gasteiger partial charge in [-0.1, -0.05) is 43.7 Å². The molecule has 0 saturated carbocycles. The Labute approximate surface area is 166 Å². The minimum absolute atomic E-state index is 0. The van der Waals surface area contributed by atoms with E-state index in [1.165, 1.54) is 16.0 Å². The highest BCUT2D eigenvalue weighted by Crippen LogP contribution is 2.30. The van der Waals surface area contributed by atoms with Crippen molar-refractivity contribution in [3.63, 3.8) is 0 Å². The molecule has 1 aliphatic heterocycles. The highest BCUT2D eigenvalue weighted by atomic mass is 35.5. The van der Waals surface area contributed by atoms with Crippen LogP contribution >= 0.6 is 23.7 Å². The summed E-state index contributed by atoms with van der Waals surface area (Å²) in [5.41, 5.74) is 8.62. The van der Waals surface area contributed by atoms with Crippen LogP contribution in [-0.2, 0) is 17.8 Å². The van der Waals surface area contributed by atoms with Crippen molar-refractivity contribution >= 4 is 29.7 Å². The van der Waals surface area contributed by atoms with E-state index in [4.69, 9.17) is 5.73 Å². The first-order valence-electron chi connectivity index (χ1n) is 9.06. The normalized spacial score (nSPS) is 16.2. The van der Waals surface area contributed by atoms with Gasteiger partial charge in [0, 0.05) is 24.5 Å². The molecule has 1 amide bonds. The molecule has 2 aromatic rings. The second-order valence-corrected chi connectivity index (χ2v) is 7.66. The molecule has 0 fully saturated rings. The zero-order valence-corrected chi connectivity index (χ0v) is 16.8. The second-order valence-electron chi connectivity index (χ2n) is 6.66. The van der Waals surface area contributed by atoms with Crippen molar-refractivity contribution in [2.24, 2.45) is 5.73 Å². The minimum atomic E-state index is -0.411. The fraction of sp³-hybridized carbons (Fsp3) is 0.450. The van der Waals surface area contributed by atoms with Crippen molar-refractivity contribution < 1.29 is 4.79 Å². The summed E-state index contributed by atoms with van der Waals surface area (Å²) in [4.78, 5) is 16.2. The maximum absolute atomic E-state index is 12.3. The third-order valence-corrected chi connectivity index (χ3v) is 5.89. The van der Waals surface area contributed by atoms with E-state index in [0.717, 1.165) is 32.4 Å². The molecule has 142 valence electrons. The number of hydrogen-bond donors (Lipinski definition) is 2. The summed E-state index contributed by atoms with van der Waals surface area (Å²) in [5.74, 6) is -0.0454. The summed E-state index contributed by atoms with van der Waals surface area (Å²) in [7, 11) is 0. The zero-order chi connectivity index (χ0) is 17.6. The molecule has 0 saturated heterocycles. The monoisotopic (exact) mass is 393 g/mol. The summed E-state index contributed by atoms with van der Waals surface area (Å²) in [6.07, 6.45) is 2.73. The van der Waals surface area contributed by atoms with Crippen LogP contribution in [-0.4, -0.2) is 29.9 Å². The molecule has 0 aliphatic carbocycles. The Kier molecular flexibility index (Phi) is 8.10. The topological polar surface area (TPSA) is 58.4 Å². The summed E-state index contributed by atoms with van der Waals surface area (Å²) < 4.78 is 0. The van der Waals surface area contributed by atoms with Gasteiger partial charge < -0.3 is 11.1 Å². The van der Waals surface area contributed by atoms with Gasteiger partial charge in [-0.2, -0.15) is 0 Å². The standard InChI is InChI=1S/C20H27N3OS.ClH/c1-2-6-17(21)20(24)22-13-18(15-7-4-3-5-8-15)23-11-9-19-16(14-23)10-12-25-19;/h3-5,7-8,10,12,17-18H,2,6,9,11,13-14,21H2,1H3,(H,22,24);1H. The highest BCUT2D eigenvalue weighted by Gasteiger charge is 2.26. The summed E-state index contributed by atoms with van der Waals surface area (Å²) >= 11 is 1.85. The molecule has 2 heterocycles. The summed E-state index contributed by atoms with van der Waals surface area (Å²) in [6.45, 7) is 4.60. The van der Waals surface area contributed by atoms with E-state index < -0.39 is 6.04 Å². The molecule has 0 radical (unpaired) electrons. The molecule has 6 heteroatoms. The van der Waals surface area contributed by atoms with Gasteiger partial charge in [0.1, 0.15) is 0 Å². The maximum atomic E-state index is 12.3. The molecule has 4 nitrogen and oxygen atoms in total. The first-order chi connectivity index (χ1) is 12.2. The summed E-state index contributed by atoms with van der Waals surface area (Å²) in [6, 6.07) is 12.4. The Morgan fingerprint density at radius 1 is 1.31 bits per heavy atom. The SMILES string of the molecule is CCCC(N)C(=O)NCC(c1ccccc1)N1CCc2sccc2C1.Cl. The van der Waals surface area contributed by atoms with Gasteiger partial charge in [0.2, 0.25) is 5.91 Å². The smallest absolute Gasteiger partial charge is 0.236 e. The molecule has 2 atom stereocenters. The molecule has 26 heavy (non-hydrogen) atoms. The van der Waals surface area contributed by atoms with Crippen LogP contribution in [0.1, 0.15) is 41.8 Å². The Bertz CT molecular complexity index is 691. The Morgan fingerprint density at radius 3 is 2.81 bits per heavy atom. The molecule has 2 unspecified atom stereocenters. The third-order valence-electron chi connectivity index (χ3n) is 4.87. The number of carbonyl (C=O) groups is 1. The lowest BCUT2D eigenvalue weighted by Crippen LogP contribution is -2.45. The molecule has 1 aromatic heterocycles. The number of amides is 1. The minimum Gasteiger partial charge on any atom is -0.353 e. The van der Waals surface area contributed by atoms with E-state index in [1.807, 2.05) is 24.3 Å². The quantitative estimate of drug-likeness (QED) is 0.756. The molecule has 0 bridgehead atoms. The van der Waals surface area contributed by atoms with Gasteiger partial charge in [0.15, 0.2) is 0 Å². The lowest BCUT2D eigenvalue weighted by molar-refractivity contribution is -0.122. The Morgan fingerprint density at radius 2 is 2.08 bits per heavy atom. The van der Waals surface area contributed by atoms with Crippen molar-refractivity contribution in [3.8, 4) is 0 Å². The van der Waals surface area contributed by atoms with Gasteiger partial charge in [-0.05, 0) is 35.4 Å². The van der Waals surface area contributed by atoms with Crippen molar-refractivity contribution in [2.75, 3.05) is 13.1 Å². The molecule has 1 aliphatic rings. The number of benzene rings is 1. The molecule has 1 aromatic carbocycles. The van der Waals surface area contributed by atoms with Crippen LogP contribution in [0, 0.1) is 0 Å². The predicted molar refractivity (Wildman–Crippen MR) is 111 cm³/mol. The largest absolute Gasteiger partial charge is 0.353 e. The van der Waals surface area contributed by atoms with Gasteiger partial charge in [0.25, 0.3) is 0 Å². The molecular weight excluding hydrogens is 366 g/mol. The number of nitrogens with one attached hydrogen (secondary N) is 1. The summed E-state index contributed by atoms with van der Waals surface area (Å²) in [5, 5.41) is 5.26. The predicted octanol–water partition coefficient (Wildman–Crippen LogP) is 3.51. The lowest BCUT2D eigenvalue weighted by atomic mass is 10.0. The van der Waals surface area contributed by atoms with Crippen LogP contribution in [0.3, 0.4) is 0 Å². The number of rotatable bonds is 7. The number of halogens is 1. The highest BCUT2D eigenvalue weighted by molar-refractivity contribution is 7.10. The van der Waals surface area contributed by atoms with E-state index in [1.54, 1.807) is 0 Å². The number of carbonyl (C=O) groups excluding carboxylic acids is 1. The first-order valence-corrected chi connectivity index (χ1v) is 9.94. The van der Waals surface area contributed by atoms with E-state index in [0.29, 0.717) is 6.54 Å². The van der Waals surface area contributed by atoms with Crippen molar-refractivity contribution in [1.82, 2.24) is 10.2 Å². The lowest BCUT2D eigenvalue weighted by Gasteiger charge is -2.35. The number of hydrogen-bond acceptors (Lipinski definition) is 4. The Balaban J connectivity index is 0.00000243. The van der Waals surface area contributed by atoms with Crippen LogP contribution in [0.2, 0.25) is 0 Å². The number of fused-ring (bicyclic) bond motifs is 1. The fourth-order valence-corrected chi connectivity index (χ4v) is 4.33. The van der Waals surface area contributed by atoms with Crippen LogP contribution in [0.4, 0.5) is 0 Å². The first kappa shape index (κ1) is 20.9. The maximum Gasteiger partial charge on any atom is 0.236 e.